The van der Waals surface area contributed by atoms with Crippen LogP contribution in [0.1, 0.15) is 6.92 Å². The van der Waals surface area contributed by atoms with Gasteiger partial charge in [-0.1, -0.05) is 23.2 Å². The molecule has 0 amide bonds. The summed E-state index contributed by atoms with van der Waals surface area (Å²) in [6.45, 7) is 1.42. The fraction of sp³-hybridized carbons (Fsp3) is 0.222. The van der Waals surface area contributed by atoms with E-state index in [4.69, 9.17) is 33.0 Å². The van der Waals surface area contributed by atoms with Gasteiger partial charge in [0, 0.05) is 32.3 Å². The summed E-state index contributed by atoms with van der Waals surface area (Å²) in [7, 11) is 0. The molecular formula is C9H8Cl2O3Pb. The van der Waals surface area contributed by atoms with E-state index in [1.54, 1.807) is 6.07 Å². The summed E-state index contributed by atoms with van der Waals surface area (Å²) >= 11 is 11.4. The predicted molar refractivity (Wildman–Crippen MR) is 59.9 cm³/mol. The Labute approximate surface area is 117 Å². The Morgan fingerprint density at radius 2 is 2.07 bits per heavy atom. The van der Waals surface area contributed by atoms with Gasteiger partial charge in [-0.2, -0.15) is 0 Å². The first-order valence-electron chi connectivity index (χ1n) is 3.85. The Morgan fingerprint density at radius 3 is 2.53 bits per heavy atom. The van der Waals surface area contributed by atoms with E-state index >= 15 is 0 Å². The number of benzene rings is 1. The molecular weight excluding hydrogens is 434 g/mol. The summed E-state index contributed by atoms with van der Waals surface area (Å²) in [6, 6.07) is 4.61. The van der Waals surface area contributed by atoms with E-state index in [-0.39, 0.29) is 27.3 Å². The van der Waals surface area contributed by atoms with Crippen molar-refractivity contribution in [3.8, 4) is 5.75 Å². The quantitative estimate of drug-likeness (QED) is 0.732. The summed E-state index contributed by atoms with van der Waals surface area (Å²) in [5, 5.41) is 9.37. The second-order valence-electron chi connectivity index (χ2n) is 2.67. The van der Waals surface area contributed by atoms with Crippen molar-refractivity contribution in [2.24, 2.45) is 0 Å². The average Bonchev–Trinajstić information content (AvgIpc) is 2.09. The third-order valence-electron chi connectivity index (χ3n) is 1.55. The normalized spacial score (nSPS) is 11.4. The Kier molecular flexibility index (Phi) is 6.54. The van der Waals surface area contributed by atoms with Crippen molar-refractivity contribution >= 4 is 56.5 Å². The molecule has 0 aromatic heterocycles. The van der Waals surface area contributed by atoms with Gasteiger partial charge in [-0.05, 0) is 25.1 Å². The number of carbonyl (C=O) groups is 1. The molecule has 1 atom stereocenters. The molecule has 80 valence electrons. The molecule has 0 aliphatic carbocycles. The first-order valence-corrected chi connectivity index (χ1v) is 4.61. The first kappa shape index (κ1) is 15.0. The molecule has 0 saturated carbocycles. The van der Waals surface area contributed by atoms with Gasteiger partial charge in [0.1, 0.15) is 5.75 Å². The molecule has 1 unspecified atom stereocenters. The maximum absolute atomic E-state index is 10.5. The van der Waals surface area contributed by atoms with Crippen molar-refractivity contribution in [2.75, 3.05) is 0 Å². The van der Waals surface area contributed by atoms with Crippen molar-refractivity contribution in [2.45, 2.75) is 13.0 Å². The molecule has 0 fully saturated rings. The maximum atomic E-state index is 10.5. The Morgan fingerprint density at radius 1 is 1.47 bits per heavy atom. The third kappa shape index (κ3) is 4.57. The summed E-state index contributed by atoms with van der Waals surface area (Å²) in [5.74, 6) is -0.734. The van der Waals surface area contributed by atoms with E-state index < -0.39 is 12.1 Å². The molecule has 0 bridgehead atoms. The van der Waals surface area contributed by atoms with Crippen LogP contribution < -0.4 is 4.74 Å². The monoisotopic (exact) mass is 442 g/mol. The zero-order valence-electron chi connectivity index (χ0n) is 7.83. The van der Waals surface area contributed by atoms with Crippen LogP contribution in [0.3, 0.4) is 0 Å². The molecule has 0 heterocycles. The van der Waals surface area contributed by atoms with Gasteiger partial charge in [0.05, 0.1) is 5.02 Å². The average molecular weight is 442 g/mol. The molecule has 3 nitrogen and oxygen atoms in total. The van der Waals surface area contributed by atoms with Crippen LogP contribution in [0, 0.1) is 0 Å². The summed E-state index contributed by atoms with van der Waals surface area (Å²) < 4.78 is 5.07. The van der Waals surface area contributed by atoms with Gasteiger partial charge in [-0.25, -0.2) is 4.79 Å². The largest absolute Gasteiger partial charge is 0.479 e. The predicted octanol–water partition coefficient (Wildman–Crippen LogP) is 2.46. The number of hydrogen-bond donors (Lipinski definition) is 1. The summed E-state index contributed by atoms with van der Waals surface area (Å²) in [4.78, 5) is 10.5. The summed E-state index contributed by atoms with van der Waals surface area (Å²) in [6.07, 6.45) is -0.936. The Hall–Kier alpha value is -0.00792. The van der Waals surface area contributed by atoms with Crippen LogP contribution in [-0.4, -0.2) is 44.5 Å². The molecule has 6 heteroatoms. The molecule has 0 spiro atoms. The molecule has 0 aliphatic heterocycles. The minimum Gasteiger partial charge on any atom is -0.479 e. The number of rotatable bonds is 3. The van der Waals surface area contributed by atoms with E-state index in [1.807, 2.05) is 0 Å². The molecule has 4 radical (unpaired) electrons. The fourth-order valence-corrected chi connectivity index (χ4v) is 1.26. The molecule has 1 N–H and O–H groups in total. The number of carboxylic acid groups (broad SMARTS) is 1. The minimum absolute atomic E-state index is 0. The second-order valence-corrected chi connectivity index (χ2v) is 3.52. The van der Waals surface area contributed by atoms with E-state index in [0.717, 1.165) is 0 Å². The van der Waals surface area contributed by atoms with Gasteiger partial charge < -0.3 is 9.84 Å². The van der Waals surface area contributed by atoms with Crippen LogP contribution in [0.25, 0.3) is 0 Å². The maximum Gasteiger partial charge on any atom is 0.344 e. The van der Waals surface area contributed by atoms with Crippen LogP contribution in [0.2, 0.25) is 10.0 Å². The number of carboxylic acids is 1. The van der Waals surface area contributed by atoms with Gasteiger partial charge >= 0.3 is 5.97 Å². The van der Waals surface area contributed by atoms with E-state index in [0.29, 0.717) is 15.8 Å². The van der Waals surface area contributed by atoms with E-state index in [9.17, 15) is 4.79 Å². The molecule has 15 heavy (non-hydrogen) atoms. The molecule has 0 saturated heterocycles. The number of ether oxygens (including phenoxy) is 1. The van der Waals surface area contributed by atoms with Crippen LogP contribution in [0.4, 0.5) is 0 Å². The molecule has 1 aromatic carbocycles. The zero-order valence-corrected chi connectivity index (χ0v) is 13.2. The number of halogens is 2. The topological polar surface area (TPSA) is 46.5 Å². The van der Waals surface area contributed by atoms with Gasteiger partial charge in [0.25, 0.3) is 0 Å². The van der Waals surface area contributed by atoms with Crippen molar-refractivity contribution in [1.82, 2.24) is 0 Å². The molecule has 1 rings (SSSR count). The Balaban J connectivity index is 0.00000196. The van der Waals surface area contributed by atoms with Crippen LogP contribution in [-0.2, 0) is 4.79 Å². The first-order chi connectivity index (χ1) is 6.50. The second kappa shape index (κ2) is 6.55. The van der Waals surface area contributed by atoms with Crippen LogP contribution in [0.15, 0.2) is 18.2 Å². The van der Waals surface area contributed by atoms with Crippen LogP contribution >= 0.6 is 23.2 Å². The van der Waals surface area contributed by atoms with Crippen molar-refractivity contribution in [3.63, 3.8) is 0 Å². The van der Waals surface area contributed by atoms with Gasteiger partial charge in [0.15, 0.2) is 6.10 Å². The molecule has 1 aromatic rings. The molecule has 0 aliphatic rings. The van der Waals surface area contributed by atoms with Gasteiger partial charge in [-0.3, -0.25) is 0 Å². The van der Waals surface area contributed by atoms with Crippen molar-refractivity contribution in [1.29, 1.82) is 0 Å². The minimum atomic E-state index is -1.05. The third-order valence-corrected chi connectivity index (χ3v) is 2.08. The Bertz CT molecular complexity index is 357. The number of hydrogen-bond acceptors (Lipinski definition) is 2. The SMILES string of the molecule is CC(Oc1ccc(Cl)cc1Cl)C(=O)O.[Pb]. The van der Waals surface area contributed by atoms with Crippen LogP contribution in [0.5, 0.6) is 5.75 Å². The van der Waals surface area contributed by atoms with Crippen molar-refractivity contribution in [3.05, 3.63) is 28.2 Å². The van der Waals surface area contributed by atoms with Gasteiger partial charge in [0.2, 0.25) is 0 Å². The van der Waals surface area contributed by atoms with Crippen molar-refractivity contribution < 1.29 is 14.6 Å². The zero-order chi connectivity index (χ0) is 10.7. The smallest absolute Gasteiger partial charge is 0.344 e. The van der Waals surface area contributed by atoms with E-state index in [2.05, 4.69) is 0 Å². The van der Waals surface area contributed by atoms with E-state index in [1.165, 1.54) is 19.1 Å². The standard InChI is InChI=1S/C9H8Cl2O3.Pb/c1-5(9(12)13)14-8-3-2-6(10)4-7(8)11;/h2-5H,1H3,(H,12,13);. The van der Waals surface area contributed by atoms with Gasteiger partial charge in [-0.15, -0.1) is 0 Å². The number of aliphatic carboxylic acids is 1. The summed E-state index contributed by atoms with van der Waals surface area (Å²) in [5.41, 5.74) is 0. The fourth-order valence-electron chi connectivity index (χ4n) is 0.812.